The SMILES string of the molecule is CCCc1ccc(-c2ccc(-c3cc(F)c(/C(F)=C/C(F)(F)F)c(F)c3)cc2)nc1. The molecule has 156 valence electrons. The molecule has 0 aliphatic carbocycles. The summed E-state index contributed by atoms with van der Waals surface area (Å²) in [7, 11) is 0. The maximum absolute atomic E-state index is 14.2. The molecule has 3 aromatic rings. The van der Waals surface area contributed by atoms with Crippen molar-refractivity contribution in [1.29, 1.82) is 0 Å². The summed E-state index contributed by atoms with van der Waals surface area (Å²) >= 11 is 0. The Morgan fingerprint density at radius 2 is 1.50 bits per heavy atom. The predicted molar refractivity (Wildman–Crippen MR) is 104 cm³/mol. The summed E-state index contributed by atoms with van der Waals surface area (Å²) in [6, 6.07) is 12.1. The Balaban J connectivity index is 1.89. The summed E-state index contributed by atoms with van der Waals surface area (Å²) in [5, 5.41) is 0. The Bertz CT molecular complexity index is 1030. The number of hydrogen-bond acceptors (Lipinski definition) is 1. The molecule has 0 saturated heterocycles. The number of aryl methyl sites for hydroxylation is 1. The number of hydrogen-bond donors (Lipinski definition) is 0. The van der Waals surface area contributed by atoms with Gasteiger partial charge in [0.1, 0.15) is 17.5 Å². The monoisotopic (exact) mass is 421 g/mol. The highest BCUT2D eigenvalue weighted by Crippen LogP contribution is 2.32. The molecule has 3 rings (SSSR count). The van der Waals surface area contributed by atoms with Crippen molar-refractivity contribution < 1.29 is 26.3 Å². The zero-order chi connectivity index (χ0) is 21.9. The predicted octanol–water partition coefficient (Wildman–Crippen LogP) is 7.52. The van der Waals surface area contributed by atoms with E-state index in [0.29, 0.717) is 5.56 Å². The standard InChI is InChI=1S/C23H17F6N/c1-2-3-14-4-9-21(30-13-14)16-7-5-15(6-8-16)17-10-18(24)22(19(25)11-17)20(26)12-23(27,28)29/h4-13H,2-3H2,1H3/b20-12-. The van der Waals surface area contributed by atoms with Crippen LogP contribution >= 0.6 is 0 Å². The van der Waals surface area contributed by atoms with Crippen molar-refractivity contribution in [2.75, 3.05) is 0 Å². The Kier molecular flexibility index (Phi) is 6.29. The summed E-state index contributed by atoms with van der Waals surface area (Å²) in [6.07, 6.45) is -2.07. The van der Waals surface area contributed by atoms with Crippen LogP contribution in [0.2, 0.25) is 0 Å². The molecular formula is C23H17F6N. The lowest BCUT2D eigenvalue weighted by atomic mass is 10.00. The Hall–Kier alpha value is -3.09. The largest absolute Gasteiger partial charge is 0.412 e. The molecule has 0 aliphatic heterocycles. The fourth-order valence-corrected chi connectivity index (χ4v) is 3.05. The molecule has 2 aromatic carbocycles. The highest BCUT2D eigenvalue weighted by atomic mass is 19.4. The van der Waals surface area contributed by atoms with E-state index in [2.05, 4.69) is 11.9 Å². The van der Waals surface area contributed by atoms with Crippen LogP contribution in [-0.4, -0.2) is 11.2 Å². The van der Waals surface area contributed by atoms with Crippen molar-refractivity contribution in [1.82, 2.24) is 4.98 Å². The van der Waals surface area contributed by atoms with E-state index in [9.17, 15) is 26.3 Å². The van der Waals surface area contributed by atoms with Crippen molar-refractivity contribution in [3.63, 3.8) is 0 Å². The normalized spacial score (nSPS) is 12.3. The number of aromatic nitrogens is 1. The Morgan fingerprint density at radius 3 is 2.00 bits per heavy atom. The molecule has 1 aromatic heterocycles. The van der Waals surface area contributed by atoms with Gasteiger partial charge in [0.15, 0.2) is 0 Å². The van der Waals surface area contributed by atoms with Crippen LogP contribution in [0.25, 0.3) is 28.2 Å². The quantitative estimate of drug-likeness (QED) is 0.388. The molecule has 0 bridgehead atoms. The summed E-state index contributed by atoms with van der Waals surface area (Å²) in [4.78, 5) is 4.40. The smallest absolute Gasteiger partial charge is 0.256 e. The first-order chi connectivity index (χ1) is 14.2. The summed E-state index contributed by atoms with van der Waals surface area (Å²) in [5.74, 6) is -4.85. The third-order valence-electron chi connectivity index (χ3n) is 4.45. The first-order valence-corrected chi connectivity index (χ1v) is 9.18. The minimum absolute atomic E-state index is 0.0753. The molecule has 1 heterocycles. The second kappa shape index (κ2) is 8.73. The van der Waals surface area contributed by atoms with E-state index < -0.39 is 35.3 Å². The number of benzene rings is 2. The van der Waals surface area contributed by atoms with Crippen molar-refractivity contribution in [3.8, 4) is 22.4 Å². The third-order valence-corrected chi connectivity index (χ3v) is 4.45. The van der Waals surface area contributed by atoms with E-state index in [-0.39, 0.29) is 5.56 Å². The van der Waals surface area contributed by atoms with Crippen molar-refractivity contribution in [3.05, 3.63) is 83.6 Å². The maximum Gasteiger partial charge on any atom is 0.412 e. The van der Waals surface area contributed by atoms with Gasteiger partial charge in [-0.2, -0.15) is 13.2 Å². The second-order valence-corrected chi connectivity index (χ2v) is 6.73. The van der Waals surface area contributed by atoms with E-state index in [4.69, 9.17) is 0 Å². The zero-order valence-electron chi connectivity index (χ0n) is 15.9. The molecule has 0 aliphatic rings. The minimum Gasteiger partial charge on any atom is -0.256 e. The van der Waals surface area contributed by atoms with Gasteiger partial charge >= 0.3 is 6.18 Å². The van der Waals surface area contributed by atoms with Gasteiger partial charge in [-0.25, -0.2) is 13.2 Å². The van der Waals surface area contributed by atoms with E-state index in [1.54, 1.807) is 30.5 Å². The van der Waals surface area contributed by atoms with Crippen molar-refractivity contribution in [2.24, 2.45) is 0 Å². The van der Waals surface area contributed by atoms with Gasteiger partial charge in [-0.1, -0.05) is 43.7 Å². The van der Waals surface area contributed by atoms with Crippen LogP contribution in [0.15, 0.2) is 60.8 Å². The second-order valence-electron chi connectivity index (χ2n) is 6.73. The summed E-state index contributed by atoms with van der Waals surface area (Å²) in [6.45, 7) is 2.08. The number of alkyl halides is 3. The molecule has 0 spiro atoms. The van der Waals surface area contributed by atoms with Crippen molar-refractivity contribution in [2.45, 2.75) is 25.9 Å². The van der Waals surface area contributed by atoms with Crippen LogP contribution in [0.5, 0.6) is 0 Å². The first kappa shape index (κ1) is 21.6. The van der Waals surface area contributed by atoms with Crippen LogP contribution in [0, 0.1) is 11.6 Å². The maximum atomic E-state index is 14.2. The van der Waals surface area contributed by atoms with Crippen LogP contribution < -0.4 is 0 Å². The van der Waals surface area contributed by atoms with Gasteiger partial charge in [0, 0.05) is 11.8 Å². The Morgan fingerprint density at radius 1 is 0.900 bits per heavy atom. The van der Waals surface area contributed by atoms with E-state index in [0.717, 1.165) is 41.8 Å². The molecule has 0 atom stereocenters. The lowest BCUT2D eigenvalue weighted by Crippen LogP contribution is -2.03. The molecule has 0 unspecified atom stereocenters. The molecule has 0 saturated carbocycles. The van der Waals surface area contributed by atoms with Gasteiger partial charge in [-0.15, -0.1) is 0 Å². The van der Waals surface area contributed by atoms with Crippen molar-refractivity contribution >= 4 is 5.83 Å². The number of halogens is 6. The zero-order valence-corrected chi connectivity index (χ0v) is 15.9. The lowest BCUT2D eigenvalue weighted by molar-refractivity contribution is -0.0798. The van der Waals surface area contributed by atoms with Gasteiger partial charge < -0.3 is 0 Å². The molecule has 0 fully saturated rings. The van der Waals surface area contributed by atoms with Crippen LogP contribution in [0.1, 0.15) is 24.5 Å². The fourth-order valence-electron chi connectivity index (χ4n) is 3.05. The van der Waals surface area contributed by atoms with Gasteiger partial charge in [0.25, 0.3) is 0 Å². The number of nitrogens with zero attached hydrogens (tertiary/aromatic N) is 1. The molecular weight excluding hydrogens is 404 g/mol. The van der Waals surface area contributed by atoms with Gasteiger partial charge in [0.05, 0.1) is 17.3 Å². The highest BCUT2D eigenvalue weighted by Gasteiger charge is 2.27. The summed E-state index contributed by atoms with van der Waals surface area (Å²) < 4.78 is 78.8. The van der Waals surface area contributed by atoms with Gasteiger partial charge in [-0.05, 0) is 41.3 Å². The van der Waals surface area contributed by atoms with E-state index in [1.165, 1.54) is 0 Å². The van der Waals surface area contributed by atoms with Crippen LogP contribution in [-0.2, 0) is 6.42 Å². The van der Waals surface area contributed by atoms with Crippen LogP contribution in [0.3, 0.4) is 0 Å². The molecule has 0 amide bonds. The molecule has 0 radical (unpaired) electrons. The van der Waals surface area contributed by atoms with E-state index >= 15 is 0 Å². The third kappa shape index (κ3) is 5.09. The summed E-state index contributed by atoms with van der Waals surface area (Å²) in [5.41, 5.74) is 1.80. The first-order valence-electron chi connectivity index (χ1n) is 9.18. The molecule has 7 heteroatoms. The number of rotatable bonds is 5. The average molecular weight is 421 g/mol. The van der Waals surface area contributed by atoms with Gasteiger partial charge in [0.2, 0.25) is 0 Å². The highest BCUT2D eigenvalue weighted by molar-refractivity contribution is 5.71. The average Bonchev–Trinajstić information content (AvgIpc) is 2.67. The fraction of sp³-hybridized carbons (Fsp3) is 0.174. The molecule has 0 N–H and O–H groups in total. The molecule has 30 heavy (non-hydrogen) atoms. The van der Waals surface area contributed by atoms with Gasteiger partial charge in [-0.3, -0.25) is 4.98 Å². The number of allylic oxidation sites excluding steroid dienone is 1. The van der Waals surface area contributed by atoms with E-state index in [1.807, 2.05) is 12.1 Å². The minimum atomic E-state index is -5.03. The lowest BCUT2D eigenvalue weighted by Gasteiger charge is -2.09. The van der Waals surface area contributed by atoms with Crippen LogP contribution in [0.4, 0.5) is 26.3 Å². The number of pyridine rings is 1. The Labute approximate surface area is 169 Å². The topological polar surface area (TPSA) is 12.9 Å². The molecule has 1 nitrogen and oxygen atoms in total.